The second kappa shape index (κ2) is 12.6. The number of anilines is 2. The van der Waals surface area contributed by atoms with Gasteiger partial charge >= 0.3 is 0 Å². The van der Waals surface area contributed by atoms with Crippen LogP contribution < -0.4 is 19.5 Å². The molecule has 11 heteroatoms. The third kappa shape index (κ3) is 5.69. The minimum absolute atomic E-state index is 0.0576. The topological polar surface area (TPSA) is 107 Å². The van der Waals surface area contributed by atoms with Gasteiger partial charge in [0.1, 0.15) is 11.0 Å². The second-order valence-corrected chi connectivity index (χ2v) is 10.3. The number of rotatable bonds is 10. The predicted octanol–water partition coefficient (Wildman–Crippen LogP) is 4.53. The lowest BCUT2D eigenvalue weighted by atomic mass is 10.1. The Morgan fingerprint density at radius 1 is 0.929 bits per heavy atom. The first-order chi connectivity index (χ1) is 20.4. The SMILES string of the molecule is CCCc1nn(C)c2c(Nc3ccc(C(=O)N4CCN(CC)CC4)cc3)nc(-c3cc(OC)c(OC)c(OC)c3)nc12. The lowest BCUT2D eigenvalue weighted by Gasteiger charge is -2.34. The van der Waals surface area contributed by atoms with E-state index in [0.717, 1.165) is 68.0 Å². The summed E-state index contributed by atoms with van der Waals surface area (Å²) >= 11 is 0. The normalized spacial score (nSPS) is 13.8. The molecule has 5 rings (SSSR count). The third-order valence-corrected chi connectivity index (χ3v) is 7.66. The Morgan fingerprint density at radius 2 is 1.60 bits per heavy atom. The van der Waals surface area contributed by atoms with Crippen LogP contribution in [0.4, 0.5) is 11.5 Å². The third-order valence-electron chi connectivity index (χ3n) is 7.66. The molecule has 1 N–H and O–H groups in total. The maximum Gasteiger partial charge on any atom is 0.253 e. The first-order valence-corrected chi connectivity index (χ1v) is 14.3. The molecule has 0 saturated carbocycles. The number of likely N-dealkylation sites (N-methyl/N-ethyl adjacent to an activating group) is 1. The highest BCUT2D eigenvalue weighted by molar-refractivity contribution is 5.95. The van der Waals surface area contributed by atoms with Crippen LogP contribution in [0, 0.1) is 0 Å². The second-order valence-electron chi connectivity index (χ2n) is 10.3. The van der Waals surface area contributed by atoms with Crippen LogP contribution in [0.2, 0.25) is 0 Å². The van der Waals surface area contributed by atoms with Gasteiger partial charge in [-0.15, -0.1) is 0 Å². The molecule has 42 heavy (non-hydrogen) atoms. The van der Waals surface area contributed by atoms with Crippen molar-refractivity contribution in [1.29, 1.82) is 0 Å². The van der Waals surface area contributed by atoms with E-state index in [9.17, 15) is 4.79 Å². The first-order valence-electron chi connectivity index (χ1n) is 14.3. The van der Waals surface area contributed by atoms with E-state index < -0.39 is 0 Å². The number of aryl methyl sites for hydroxylation is 2. The maximum absolute atomic E-state index is 13.1. The quantitative estimate of drug-likeness (QED) is 0.293. The van der Waals surface area contributed by atoms with Gasteiger partial charge < -0.3 is 29.3 Å². The van der Waals surface area contributed by atoms with Crippen molar-refractivity contribution in [2.75, 3.05) is 59.4 Å². The Bertz CT molecular complexity index is 1540. The molecule has 2 aromatic heterocycles. The number of carbonyl (C=O) groups excluding carboxylic acids is 1. The van der Waals surface area contributed by atoms with Crippen molar-refractivity contribution in [3.8, 4) is 28.6 Å². The van der Waals surface area contributed by atoms with Crippen LogP contribution >= 0.6 is 0 Å². The molecule has 0 radical (unpaired) electrons. The van der Waals surface area contributed by atoms with Crippen LogP contribution in [0.5, 0.6) is 17.2 Å². The largest absolute Gasteiger partial charge is 0.493 e. The van der Waals surface area contributed by atoms with Crippen molar-refractivity contribution in [3.05, 3.63) is 47.7 Å². The maximum atomic E-state index is 13.1. The molecule has 1 amide bonds. The van der Waals surface area contributed by atoms with Crippen LogP contribution in [0.1, 0.15) is 36.3 Å². The summed E-state index contributed by atoms with van der Waals surface area (Å²) in [4.78, 5) is 27.3. The van der Waals surface area contributed by atoms with Crippen molar-refractivity contribution in [2.24, 2.45) is 7.05 Å². The van der Waals surface area contributed by atoms with E-state index in [0.29, 0.717) is 40.0 Å². The minimum atomic E-state index is 0.0576. The summed E-state index contributed by atoms with van der Waals surface area (Å²) in [7, 11) is 6.63. The highest BCUT2D eigenvalue weighted by atomic mass is 16.5. The lowest BCUT2D eigenvalue weighted by molar-refractivity contribution is 0.0643. The fourth-order valence-electron chi connectivity index (χ4n) is 5.36. The number of amides is 1. The van der Waals surface area contributed by atoms with Gasteiger partial charge in [-0.25, -0.2) is 9.97 Å². The molecule has 11 nitrogen and oxygen atoms in total. The number of nitrogens with one attached hydrogen (secondary N) is 1. The van der Waals surface area contributed by atoms with Gasteiger partial charge in [-0.05, 0) is 49.4 Å². The van der Waals surface area contributed by atoms with Crippen molar-refractivity contribution < 1.29 is 19.0 Å². The van der Waals surface area contributed by atoms with Gasteiger partial charge in [-0.3, -0.25) is 9.48 Å². The monoisotopic (exact) mass is 573 g/mol. The number of ether oxygens (including phenoxy) is 3. The number of hydrogen-bond donors (Lipinski definition) is 1. The number of aromatic nitrogens is 4. The van der Waals surface area contributed by atoms with Crippen LogP contribution in [-0.2, 0) is 13.5 Å². The zero-order valence-corrected chi connectivity index (χ0v) is 25.2. The van der Waals surface area contributed by atoms with E-state index in [1.54, 1.807) is 21.3 Å². The zero-order chi connectivity index (χ0) is 29.8. The molecule has 0 bridgehead atoms. The molecule has 222 valence electrons. The fourth-order valence-corrected chi connectivity index (χ4v) is 5.36. The summed E-state index contributed by atoms with van der Waals surface area (Å²) < 4.78 is 18.5. The van der Waals surface area contributed by atoms with Crippen LogP contribution in [0.25, 0.3) is 22.4 Å². The average Bonchev–Trinajstić information content (AvgIpc) is 3.35. The van der Waals surface area contributed by atoms with Gasteiger partial charge in [0, 0.05) is 50.0 Å². The summed E-state index contributed by atoms with van der Waals surface area (Å²) in [5.41, 5.74) is 4.66. The van der Waals surface area contributed by atoms with Gasteiger partial charge in [0.25, 0.3) is 5.91 Å². The molecule has 2 aromatic carbocycles. The number of benzene rings is 2. The Balaban J connectivity index is 1.51. The summed E-state index contributed by atoms with van der Waals surface area (Å²) in [5.74, 6) is 2.69. The molecule has 0 aliphatic carbocycles. The molecule has 1 aliphatic rings. The highest BCUT2D eigenvalue weighted by Gasteiger charge is 2.23. The Hall–Kier alpha value is -4.38. The molecule has 0 atom stereocenters. The standard InChI is InChI=1S/C31H39N7O4/c1-7-9-23-26-27(36(3)35-23)30(34-29(33-26)21-18-24(40-4)28(42-6)25(19-21)41-5)32-22-12-10-20(11-13-22)31(39)38-16-14-37(8-2)15-17-38/h10-13,18-19H,7-9,14-17H2,1-6H3,(H,32,33,34). The van der Waals surface area contributed by atoms with Crippen molar-refractivity contribution in [1.82, 2.24) is 29.5 Å². The first kappa shape index (κ1) is 29.1. The number of methoxy groups -OCH3 is 3. The number of piperazine rings is 1. The summed E-state index contributed by atoms with van der Waals surface area (Å²) in [6, 6.07) is 11.2. The molecule has 1 saturated heterocycles. The van der Waals surface area contributed by atoms with Gasteiger partial charge in [0.15, 0.2) is 23.1 Å². The molecule has 0 spiro atoms. The average molecular weight is 574 g/mol. The molecule has 3 heterocycles. The summed E-state index contributed by atoms with van der Waals surface area (Å²) in [6.45, 7) is 8.59. The Labute approximate surface area is 246 Å². The zero-order valence-electron chi connectivity index (χ0n) is 25.2. The smallest absolute Gasteiger partial charge is 0.253 e. The molecule has 1 fully saturated rings. The Morgan fingerprint density at radius 3 is 2.17 bits per heavy atom. The lowest BCUT2D eigenvalue weighted by Crippen LogP contribution is -2.48. The number of nitrogens with zero attached hydrogens (tertiary/aromatic N) is 6. The van der Waals surface area contributed by atoms with Gasteiger partial charge in [-0.2, -0.15) is 5.10 Å². The molecular weight excluding hydrogens is 534 g/mol. The van der Waals surface area contributed by atoms with E-state index in [4.69, 9.17) is 29.3 Å². The van der Waals surface area contributed by atoms with Crippen molar-refractivity contribution in [2.45, 2.75) is 26.7 Å². The van der Waals surface area contributed by atoms with E-state index in [2.05, 4.69) is 24.1 Å². The van der Waals surface area contributed by atoms with E-state index >= 15 is 0 Å². The highest BCUT2D eigenvalue weighted by Crippen LogP contribution is 2.41. The van der Waals surface area contributed by atoms with Gasteiger partial charge in [0.05, 0.1) is 27.0 Å². The van der Waals surface area contributed by atoms with E-state index in [-0.39, 0.29) is 5.91 Å². The van der Waals surface area contributed by atoms with E-state index in [1.165, 1.54) is 0 Å². The van der Waals surface area contributed by atoms with Crippen molar-refractivity contribution >= 4 is 28.4 Å². The van der Waals surface area contributed by atoms with Crippen LogP contribution in [0.3, 0.4) is 0 Å². The Kier molecular flexibility index (Phi) is 8.77. The van der Waals surface area contributed by atoms with Gasteiger partial charge in [0.2, 0.25) is 5.75 Å². The van der Waals surface area contributed by atoms with E-state index in [1.807, 2.05) is 53.0 Å². The number of fused-ring (bicyclic) bond motifs is 1. The molecule has 0 unspecified atom stereocenters. The fraction of sp³-hybridized carbons (Fsp3) is 0.419. The number of hydrogen-bond acceptors (Lipinski definition) is 9. The van der Waals surface area contributed by atoms with Crippen LogP contribution in [-0.4, -0.2) is 89.5 Å². The minimum Gasteiger partial charge on any atom is -0.493 e. The number of carbonyl (C=O) groups is 1. The molecule has 1 aliphatic heterocycles. The van der Waals surface area contributed by atoms with Crippen LogP contribution in [0.15, 0.2) is 36.4 Å². The van der Waals surface area contributed by atoms with Crippen molar-refractivity contribution in [3.63, 3.8) is 0 Å². The van der Waals surface area contributed by atoms with Gasteiger partial charge in [-0.1, -0.05) is 20.3 Å². The molecular formula is C31H39N7O4. The summed E-state index contributed by atoms with van der Waals surface area (Å²) in [6.07, 6.45) is 1.72. The molecule has 4 aromatic rings. The summed E-state index contributed by atoms with van der Waals surface area (Å²) in [5, 5.41) is 8.22. The predicted molar refractivity (Wildman–Crippen MR) is 163 cm³/mol.